The van der Waals surface area contributed by atoms with Crippen molar-refractivity contribution in [2.24, 2.45) is 0 Å². The zero-order chi connectivity index (χ0) is 56.7. The van der Waals surface area contributed by atoms with E-state index in [1.165, 1.54) is 138 Å². The highest BCUT2D eigenvalue weighted by molar-refractivity contribution is 6.14. The molecule has 0 saturated carbocycles. The van der Waals surface area contributed by atoms with Crippen LogP contribution in [0.3, 0.4) is 0 Å². The van der Waals surface area contributed by atoms with Gasteiger partial charge in [-0.1, -0.05) is 237 Å². The van der Waals surface area contributed by atoms with Crippen LogP contribution in [0.15, 0.2) is 309 Å². The minimum atomic E-state index is -0.622. The molecular formula is C84H51N3. The highest BCUT2D eigenvalue weighted by atomic mass is 15.1. The van der Waals surface area contributed by atoms with Crippen molar-refractivity contribution in [3.8, 4) is 55.9 Å². The van der Waals surface area contributed by atoms with Crippen LogP contribution in [0.4, 0.5) is 17.1 Å². The average molecular weight is 1100 g/mol. The van der Waals surface area contributed by atoms with E-state index in [4.69, 9.17) is 0 Å². The van der Waals surface area contributed by atoms with Crippen molar-refractivity contribution in [2.45, 2.75) is 10.8 Å². The first-order valence-corrected chi connectivity index (χ1v) is 30.4. The van der Waals surface area contributed by atoms with Gasteiger partial charge in [-0.25, -0.2) is 0 Å². The van der Waals surface area contributed by atoms with Crippen molar-refractivity contribution >= 4 is 71.4 Å². The summed E-state index contributed by atoms with van der Waals surface area (Å²) in [6.07, 6.45) is 0. The molecule has 14 aromatic carbocycles. The van der Waals surface area contributed by atoms with Crippen molar-refractivity contribution < 1.29 is 0 Å². The third kappa shape index (κ3) is 5.95. The van der Waals surface area contributed by atoms with Gasteiger partial charge in [0, 0.05) is 44.3 Å². The number of fused-ring (bicyclic) bond motifs is 27. The van der Waals surface area contributed by atoms with E-state index in [9.17, 15) is 0 Å². The van der Waals surface area contributed by atoms with Gasteiger partial charge in [-0.05, 0) is 173 Å². The SMILES string of the molecule is c1cc(-c2ccc(N(c3ccc4c(c3)C3(c5ccccc5-4)c4ccccc4-c4c3ccc3ccccc43)c3ccc4c(c3)C3(c5ccccc5-4)c4ccccc4-n4c5ccccc5c5cccc3c54)cc2)cc(-n2c3ccccc3c3ccccc32)c1. The molecule has 3 aliphatic carbocycles. The van der Waals surface area contributed by atoms with Gasteiger partial charge in [0.25, 0.3) is 0 Å². The monoisotopic (exact) mass is 1100 g/mol. The molecule has 16 aromatic rings. The van der Waals surface area contributed by atoms with Gasteiger partial charge in [0.2, 0.25) is 0 Å². The van der Waals surface area contributed by atoms with Crippen LogP contribution in [-0.4, -0.2) is 9.13 Å². The molecule has 2 spiro atoms. The molecule has 1 aliphatic heterocycles. The summed E-state index contributed by atoms with van der Waals surface area (Å²) in [6, 6.07) is 117. The van der Waals surface area contributed by atoms with Gasteiger partial charge in [-0.2, -0.15) is 0 Å². The number of nitrogens with zero attached hydrogens (tertiary/aromatic N) is 3. The van der Waals surface area contributed by atoms with Gasteiger partial charge in [0.05, 0.1) is 38.6 Å². The molecule has 87 heavy (non-hydrogen) atoms. The fourth-order valence-electron chi connectivity index (χ4n) is 17.0. The molecule has 2 atom stereocenters. The Morgan fingerprint density at radius 3 is 1.39 bits per heavy atom. The summed E-state index contributed by atoms with van der Waals surface area (Å²) < 4.78 is 4.95. The lowest BCUT2D eigenvalue weighted by molar-refractivity contribution is 0.748. The van der Waals surface area contributed by atoms with E-state index in [-0.39, 0.29) is 0 Å². The highest BCUT2D eigenvalue weighted by Gasteiger charge is 2.53. The van der Waals surface area contributed by atoms with Crippen LogP contribution in [-0.2, 0) is 10.8 Å². The smallest absolute Gasteiger partial charge is 0.0755 e. The van der Waals surface area contributed by atoms with E-state index in [1.807, 2.05) is 0 Å². The van der Waals surface area contributed by atoms with Crippen molar-refractivity contribution in [2.75, 3.05) is 4.90 Å². The molecule has 0 saturated heterocycles. The first-order chi connectivity index (χ1) is 43.2. The molecule has 0 amide bonds. The predicted octanol–water partition coefficient (Wildman–Crippen LogP) is 21.2. The molecule has 0 bridgehead atoms. The Balaban J connectivity index is 0.828. The molecule has 0 fully saturated rings. The summed E-state index contributed by atoms with van der Waals surface area (Å²) in [5, 5.41) is 7.61. The first-order valence-electron chi connectivity index (χ1n) is 30.4. The van der Waals surface area contributed by atoms with Crippen LogP contribution in [0, 0.1) is 0 Å². The maximum atomic E-state index is 2.55. The van der Waals surface area contributed by atoms with Crippen LogP contribution in [0.2, 0.25) is 0 Å². The predicted molar refractivity (Wildman–Crippen MR) is 360 cm³/mol. The molecule has 20 rings (SSSR count). The summed E-state index contributed by atoms with van der Waals surface area (Å²) in [5.74, 6) is 0. The second-order valence-corrected chi connectivity index (χ2v) is 24.2. The number of aromatic nitrogens is 2. The molecule has 3 nitrogen and oxygen atoms in total. The lowest BCUT2D eigenvalue weighted by Crippen LogP contribution is -2.33. The van der Waals surface area contributed by atoms with E-state index >= 15 is 0 Å². The third-order valence-corrected chi connectivity index (χ3v) is 20.3. The largest absolute Gasteiger partial charge is 0.310 e. The number of hydrogen-bond donors (Lipinski definition) is 0. The van der Waals surface area contributed by atoms with Crippen molar-refractivity contribution in [1.29, 1.82) is 0 Å². The quantitative estimate of drug-likeness (QED) is 0.167. The molecule has 2 unspecified atom stereocenters. The maximum Gasteiger partial charge on any atom is 0.0755 e. The van der Waals surface area contributed by atoms with Crippen LogP contribution in [0.25, 0.3) is 110 Å². The third-order valence-electron chi connectivity index (χ3n) is 20.3. The Morgan fingerprint density at radius 1 is 0.253 bits per heavy atom. The zero-order valence-corrected chi connectivity index (χ0v) is 47.3. The maximum absolute atomic E-state index is 2.55. The van der Waals surface area contributed by atoms with Crippen LogP contribution < -0.4 is 4.90 Å². The molecule has 3 heterocycles. The summed E-state index contributed by atoms with van der Waals surface area (Å²) in [7, 11) is 0. The Morgan fingerprint density at radius 2 is 0.724 bits per heavy atom. The Labute approximate surface area is 503 Å². The number of anilines is 3. The molecule has 402 valence electrons. The van der Waals surface area contributed by atoms with Gasteiger partial charge in [-0.3, -0.25) is 0 Å². The highest BCUT2D eigenvalue weighted by Crippen LogP contribution is 2.66. The molecule has 0 radical (unpaired) electrons. The van der Waals surface area contributed by atoms with E-state index in [1.54, 1.807) is 0 Å². The second-order valence-electron chi connectivity index (χ2n) is 24.2. The fourth-order valence-corrected chi connectivity index (χ4v) is 17.0. The Bertz CT molecular complexity index is 5620. The second kappa shape index (κ2) is 17.2. The number of rotatable bonds is 5. The van der Waals surface area contributed by atoms with E-state index in [0.29, 0.717) is 0 Å². The van der Waals surface area contributed by atoms with Crippen LogP contribution >= 0.6 is 0 Å². The van der Waals surface area contributed by atoms with Crippen molar-refractivity contribution in [1.82, 2.24) is 9.13 Å². The summed E-state index contributed by atoms with van der Waals surface area (Å²) >= 11 is 0. The minimum Gasteiger partial charge on any atom is -0.310 e. The van der Waals surface area contributed by atoms with Gasteiger partial charge in [0.15, 0.2) is 0 Å². The summed E-state index contributed by atoms with van der Waals surface area (Å²) in [6.45, 7) is 0. The normalized spacial score (nSPS) is 16.1. The summed E-state index contributed by atoms with van der Waals surface area (Å²) in [4.78, 5) is 2.54. The number of hydrogen-bond acceptors (Lipinski definition) is 1. The average Bonchev–Trinajstić information content (AvgIpc) is 1.54. The molecule has 0 N–H and O–H groups in total. The van der Waals surface area contributed by atoms with Crippen molar-refractivity contribution in [3.05, 3.63) is 354 Å². The summed E-state index contributed by atoms with van der Waals surface area (Å²) in [5.41, 5.74) is 29.9. The molecular weight excluding hydrogens is 1050 g/mol. The standard InChI is InChI=1S/C84H51N3/c1-2-22-59-53(19-1)41-48-73-81(59)68-28-5-11-32-71(68)83(73)69-30-9-3-23-60(69)62-46-44-57(50-75(62)83)85(55-42-39-52(40-43-55)54-20-17-21-56(49-54)86-77-35-13-6-25-64(77)65-26-7-14-36-78(65)86)58-45-47-63-61-24-4-10-31-70(61)84(76(63)51-58)72-33-12-16-38-80(72)87-79-37-15-8-27-66(79)67-29-18-34-74(84)82(67)87/h1-51H. The van der Waals surface area contributed by atoms with E-state index < -0.39 is 10.8 Å². The van der Waals surface area contributed by atoms with Gasteiger partial charge < -0.3 is 14.0 Å². The minimum absolute atomic E-state index is 0.554. The number of benzene rings is 14. The fraction of sp³-hybridized carbons (Fsp3) is 0.0238. The van der Waals surface area contributed by atoms with Crippen LogP contribution in [0.1, 0.15) is 44.5 Å². The van der Waals surface area contributed by atoms with Gasteiger partial charge in [-0.15, -0.1) is 0 Å². The van der Waals surface area contributed by atoms with Crippen molar-refractivity contribution in [3.63, 3.8) is 0 Å². The topological polar surface area (TPSA) is 13.1 Å². The van der Waals surface area contributed by atoms with Gasteiger partial charge >= 0.3 is 0 Å². The molecule has 2 aromatic heterocycles. The molecule has 3 heteroatoms. The zero-order valence-electron chi connectivity index (χ0n) is 47.3. The van der Waals surface area contributed by atoms with E-state index in [2.05, 4.69) is 323 Å². The Kier molecular flexibility index (Phi) is 9.32. The Hall–Kier alpha value is -11.3. The van der Waals surface area contributed by atoms with Gasteiger partial charge in [0.1, 0.15) is 0 Å². The van der Waals surface area contributed by atoms with E-state index in [0.717, 1.165) is 33.9 Å². The lowest BCUT2D eigenvalue weighted by atomic mass is 9.65. The first kappa shape index (κ1) is 47.1. The number of para-hydroxylation sites is 5. The van der Waals surface area contributed by atoms with Crippen LogP contribution in [0.5, 0.6) is 0 Å². The lowest BCUT2D eigenvalue weighted by Gasteiger charge is -2.40. The molecule has 4 aliphatic rings.